The Bertz CT molecular complexity index is 1670. The van der Waals surface area contributed by atoms with Crippen LogP contribution in [0.25, 0.3) is 21.7 Å². The number of hydrogen-bond acceptors (Lipinski definition) is 8. The van der Waals surface area contributed by atoms with Crippen molar-refractivity contribution in [2.75, 3.05) is 11.1 Å². The number of fused-ring (bicyclic) bond motifs is 1. The van der Waals surface area contributed by atoms with Gasteiger partial charge in [0.05, 0.1) is 17.1 Å². The van der Waals surface area contributed by atoms with E-state index < -0.39 is 0 Å². The normalized spacial score (nSPS) is 11.1. The van der Waals surface area contributed by atoms with Gasteiger partial charge in [0.2, 0.25) is 5.91 Å². The number of anilines is 1. The second kappa shape index (κ2) is 9.86. The maximum absolute atomic E-state index is 13.8. The molecule has 0 unspecified atom stereocenters. The van der Waals surface area contributed by atoms with Crippen LogP contribution < -0.4 is 10.9 Å². The van der Waals surface area contributed by atoms with Crippen molar-refractivity contribution < 1.29 is 4.79 Å². The number of thiazole rings is 2. The zero-order valence-corrected chi connectivity index (χ0v) is 22.0. The number of aryl methyl sites for hydroxylation is 2. The molecular formula is C24H19N5O2S4. The zero-order chi connectivity index (χ0) is 24.5. The van der Waals surface area contributed by atoms with Gasteiger partial charge in [-0.1, -0.05) is 59.5 Å². The third-order valence-corrected chi connectivity index (χ3v) is 8.28. The van der Waals surface area contributed by atoms with Crippen LogP contribution in [0.3, 0.4) is 0 Å². The SMILES string of the molecule is Cc1ccccc1-n1c(SCC(=O)Nc2nccs2)nc2c(sc(=S)n2-c2ccccc2C)c1=O. The highest BCUT2D eigenvalue weighted by atomic mass is 32.2. The van der Waals surface area contributed by atoms with Gasteiger partial charge in [-0.15, -0.1) is 11.3 Å². The van der Waals surface area contributed by atoms with E-state index in [9.17, 15) is 9.59 Å². The number of thioether (sulfide) groups is 1. The fraction of sp³-hybridized carbons (Fsp3) is 0.125. The Morgan fingerprint density at radius 3 is 2.34 bits per heavy atom. The van der Waals surface area contributed by atoms with Gasteiger partial charge in [0, 0.05) is 11.6 Å². The Kier molecular flexibility index (Phi) is 6.65. The standard InChI is InChI=1S/C24H19N5O2S4/c1-14-7-3-5-9-16(14)28-20-19(35-24(28)32)21(31)29(17-10-6-4-8-15(17)2)23(27-20)34-13-18(30)26-22-25-11-12-33-22/h3-12H,13H2,1-2H3,(H,25,26,30). The lowest BCUT2D eigenvalue weighted by Gasteiger charge is -2.15. The molecule has 11 heteroatoms. The first-order chi connectivity index (χ1) is 16.9. The summed E-state index contributed by atoms with van der Waals surface area (Å²) in [5.74, 6) is -0.157. The van der Waals surface area contributed by atoms with Crippen molar-refractivity contribution >= 4 is 68.0 Å². The number of carbonyl (C=O) groups is 1. The van der Waals surface area contributed by atoms with Crippen molar-refractivity contribution in [1.82, 2.24) is 19.1 Å². The lowest BCUT2D eigenvalue weighted by Crippen LogP contribution is -2.23. The van der Waals surface area contributed by atoms with Crippen LogP contribution in [0.15, 0.2) is 70.1 Å². The second-order valence-corrected chi connectivity index (χ2v) is 11.1. The summed E-state index contributed by atoms with van der Waals surface area (Å²) in [5.41, 5.74) is 3.82. The van der Waals surface area contributed by atoms with Crippen LogP contribution in [0.1, 0.15) is 11.1 Å². The Hall–Kier alpha value is -3.12. The number of carbonyl (C=O) groups excluding carboxylic acids is 1. The van der Waals surface area contributed by atoms with Crippen molar-refractivity contribution in [1.29, 1.82) is 0 Å². The van der Waals surface area contributed by atoms with Crippen LogP contribution in [0.4, 0.5) is 5.13 Å². The minimum absolute atomic E-state index is 0.0681. The monoisotopic (exact) mass is 537 g/mol. The molecule has 0 bridgehead atoms. The first kappa shape index (κ1) is 23.6. The van der Waals surface area contributed by atoms with Crippen LogP contribution >= 0.6 is 46.7 Å². The Morgan fingerprint density at radius 2 is 1.71 bits per heavy atom. The van der Waals surface area contributed by atoms with E-state index in [1.165, 1.54) is 34.4 Å². The summed E-state index contributed by atoms with van der Waals surface area (Å²) in [7, 11) is 0. The molecule has 176 valence electrons. The predicted molar refractivity (Wildman–Crippen MR) is 146 cm³/mol. The number of nitrogens with one attached hydrogen (secondary N) is 1. The molecule has 0 radical (unpaired) electrons. The lowest BCUT2D eigenvalue weighted by molar-refractivity contribution is -0.113. The fourth-order valence-corrected chi connectivity index (χ4v) is 6.29. The molecule has 35 heavy (non-hydrogen) atoms. The number of hydrogen-bond donors (Lipinski definition) is 1. The molecule has 0 spiro atoms. The Morgan fingerprint density at radius 1 is 1.06 bits per heavy atom. The maximum atomic E-state index is 13.8. The lowest BCUT2D eigenvalue weighted by atomic mass is 10.2. The summed E-state index contributed by atoms with van der Waals surface area (Å²) < 4.78 is 4.43. The highest BCUT2D eigenvalue weighted by molar-refractivity contribution is 7.99. The molecule has 0 atom stereocenters. The number of amides is 1. The number of rotatable bonds is 6. The number of nitrogens with zero attached hydrogens (tertiary/aromatic N) is 4. The van der Waals surface area contributed by atoms with Crippen molar-refractivity contribution in [3.63, 3.8) is 0 Å². The smallest absolute Gasteiger partial charge is 0.278 e. The van der Waals surface area contributed by atoms with Crippen LogP contribution in [-0.4, -0.2) is 30.8 Å². The third-order valence-electron chi connectivity index (χ3n) is 5.30. The average molecular weight is 538 g/mol. The fourth-order valence-electron chi connectivity index (χ4n) is 3.66. The largest absolute Gasteiger partial charge is 0.301 e. The highest BCUT2D eigenvalue weighted by Crippen LogP contribution is 2.29. The molecule has 0 fully saturated rings. The number of para-hydroxylation sites is 2. The molecule has 7 nitrogen and oxygen atoms in total. The predicted octanol–water partition coefficient (Wildman–Crippen LogP) is 5.77. The molecule has 0 saturated heterocycles. The molecule has 2 aromatic carbocycles. The summed E-state index contributed by atoms with van der Waals surface area (Å²) in [6, 6.07) is 15.5. The molecule has 1 amide bonds. The zero-order valence-electron chi connectivity index (χ0n) is 18.7. The molecule has 3 aromatic heterocycles. The van der Waals surface area contributed by atoms with Crippen molar-refractivity contribution in [3.8, 4) is 11.4 Å². The van der Waals surface area contributed by atoms with Gasteiger partial charge in [0.25, 0.3) is 5.56 Å². The van der Waals surface area contributed by atoms with E-state index in [1.54, 1.807) is 16.1 Å². The van der Waals surface area contributed by atoms with Crippen LogP contribution in [0, 0.1) is 17.8 Å². The molecule has 1 N–H and O–H groups in total. The van der Waals surface area contributed by atoms with Gasteiger partial charge in [-0.25, -0.2) is 9.97 Å². The Labute approximate surface area is 218 Å². The van der Waals surface area contributed by atoms with E-state index in [-0.39, 0.29) is 17.2 Å². The summed E-state index contributed by atoms with van der Waals surface area (Å²) >= 11 is 9.46. The van der Waals surface area contributed by atoms with E-state index in [2.05, 4.69) is 10.3 Å². The number of benzene rings is 2. The minimum atomic E-state index is -0.225. The Balaban J connectivity index is 1.67. The van der Waals surface area contributed by atoms with Gasteiger partial charge in [-0.05, 0) is 49.3 Å². The quantitative estimate of drug-likeness (QED) is 0.168. The van der Waals surface area contributed by atoms with E-state index in [0.29, 0.717) is 24.6 Å². The first-order valence-corrected chi connectivity index (χ1v) is 13.7. The summed E-state index contributed by atoms with van der Waals surface area (Å²) in [5, 5.41) is 5.52. The van der Waals surface area contributed by atoms with Gasteiger partial charge in [0.1, 0.15) is 4.70 Å². The summed E-state index contributed by atoms with van der Waals surface area (Å²) in [6.07, 6.45) is 1.63. The van der Waals surface area contributed by atoms with Crippen molar-refractivity contribution in [2.24, 2.45) is 0 Å². The van der Waals surface area contributed by atoms with Gasteiger partial charge in [-0.3, -0.25) is 18.7 Å². The minimum Gasteiger partial charge on any atom is -0.301 e. The van der Waals surface area contributed by atoms with Crippen molar-refractivity contribution in [2.45, 2.75) is 19.0 Å². The summed E-state index contributed by atoms with van der Waals surface area (Å²) in [6.45, 7) is 3.93. The van der Waals surface area contributed by atoms with E-state index >= 15 is 0 Å². The van der Waals surface area contributed by atoms with Gasteiger partial charge < -0.3 is 5.32 Å². The second-order valence-electron chi connectivity index (χ2n) is 7.64. The van der Waals surface area contributed by atoms with E-state index in [1.807, 2.05) is 66.9 Å². The number of aromatic nitrogens is 4. The molecule has 3 heterocycles. The maximum Gasteiger partial charge on any atom is 0.278 e. The van der Waals surface area contributed by atoms with Crippen LogP contribution in [0.2, 0.25) is 0 Å². The molecular weight excluding hydrogens is 519 g/mol. The molecule has 0 aliphatic heterocycles. The van der Waals surface area contributed by atoms with Crippen LogP contribution in [0.5, 0.6) is 0 Å². The molecule has 0 saturated carbocycles. The molecule has 5 aromatic rings. The highest BCUT2D eigenvalue weighted by Gasteiger charge is 2.21. The van der Waals surface area contributed by atoms with Gasteiger partial charge in [0.15, 0.2) is 19.9 Å². The van der Waals surface area contributed by atoms with Gasteiger partial charge >= 0.3 is 0 Å². The van der Waals surface area contributed by atoms with E-state index in [0.717, 1.165) is 22.5 Å². The molecule has 5 rings (SSSR count). The van der Waals surface area contributed by atoms with Crippen molar-refractivity contribution in [3.05, 3.63) is 85.5 Å². The summed E-state index contributed by atoms with van der Waals surface area (Å²) in [4.78, 5) is 35.4. The first-order valence-electron chi connectivity index (χ1n) is 10.6. The average Bonchev–Trinajstić information content (AvgIpc) is 3.46. The van der Waals surface area contributed by atoms with E-state index in [4.69, 9.17) is 17.2 Å². The molecule has 0 aliphatic rings. The molecule has 0 aliphatic carbocycles. The third kappa shape index (κ3) is 4.59. The topological polar surface area (TPSA) is 81.8 Å². The van der Waals surface area contributed by atoms with Crippen LogP contribution in [-0.2, 0) is 4.79 Å². The van der Waals surface area contributed by atoms with Gasteiger partial charge in [-0.2, -0.15) is 0 Å².